The van der Waals surface area contributed by atoms with Crippen molar-refractivity contribution in [1.82, 2.24) is 5.32 Å². The summed E-state index contributed by atoms with van der Waals surface area (Å²) in [5.74, 6) is 0.938. The van der Waals surface area contributed by atoms with E-state index in [0.717, 1.165) is 23.2 Å². The molecule has 1 unspecified atom stereocenters. The number of para-hydroxylation sites is 1. The second kappa shape index (κ2) is 6.43. The van der Waals surface area contributed by atoms with Gasteiger partial charge in [0.2, 0.25) is 0 Å². The van der Waals surface area contributed by atoms with Crippen LogP contribution in [0.3, 0.4) is 0 Å². The van der Waals surface area contributed by atoms with Gasteiger partial charge in [-0.1, -0.05) is 25.1 Å². The van der Waals surface area contributed by atoms with Crippen molar-refractivity contribution in [2.75, 3.05) is 13.2 Å². The predicted octanol–water partition coefficient (Wildman–Crippen LogP) is 2.74. The maximum absolute atomic E-state index is 10.5. The molecule has 1 amide bonds. The van der Waals surface area contributed by atoms with E-state index in [-0.39, 0.29) is 12.6 Å². The van der Waals surface area contributed by atoms with Crippen molar-refractivity contribution < 1.29 is 13.9 Å². The molecule has 2 rings (SSSR count). The van der Waals surface area contributed by atoms with Crippen LogP contribution in [0.4, 0.5) is 4.79 Å². The van der Waals surface area contributed by atoms with Crippen LogP contribution in [0.5, 0.6) is 0 Å². The van der Waals surface area contributed by atoms with E-state index in [1.807, 2.05) is 25.1 Å². The Balaban J connectivity index is 2.09. The third kappa shape index (κ3) is 3.11. The number of rotatable bonds is 6. The number of ether oxygens (including phenoxy) is 1. The fraction of sp³-hybridized carbons (Fsp3) is 0.400. The zero-order valence-electron chi connectivity index (χ0n) is 11.8. The van der Waals surface area contributed by atoms with Gasteiger partial charge in [0.1, 0.15) is 18.0 Å². The highest BCUT2D eigenvalue weighted by Gasteiger charge is 2.17. The summed E-state index contributed by atoms with van der Waals surface area (Å²) >= 11 is 0. The summed E-state index contributed by atoms with van der Waals surface area (Å²) in [6.07, 6.45) is 0.160. The van der Waals surface area contributed by atoms with Gasteiger partial charge in [-0.2, -0.15) is 0 Å². The average Bonchev–Trinajstić information content (AvgIpc) is 2.81. The molecule has 5 nitrogen and oxygen atoms in total. The molecule has 0 saturated carbocycles. The molecule has 0 bridgehead atoms. The topological polar surface area (TPSA) is 77.5 Å². The highest BCUT2D eigenvalue weighted by atomic mass is 16.5. The minimum absolute atomic E-state index is 0.0498. The maximum Gasteiger partial charge on any atom is 0.404 e. The third-order valence-electron chi connectivity index (χ3n) is 3.27. The lowest BCUT2D eigenvalue weighted by molar-refractivity contribution is 0.156. The average molecular weight is 276 g/mol. The van der Waals surface area contributed by atoms with Gasteiger partial charge in [0.15, 0.2) is 0 Å². The number of hydrogen-bond acceptors (Lipinski definition) is 4. The molecular weight excluding hydrogens is 256 g/mol. The van der Waals surface area contributed by atoms with E-state index >= 15 is 0 Å². The standard InChI is InChI=1S/C15H20N2O3/c1-3-11-12-6-4-5-7-13(12)20-14(11)10(2)17-8-9-19-15(16)18/h4-7,10,17H,3,8-9H2,1-2H3,(H2,16,18). The number of carbonyl (C=O) groups excluding carboxylic acids is 1. The van der Waals surface area contributed by atoms with E-state index in [2.05, 4.69) is 23.0 Å². The number of nitrogens with two attached hydrogens (primary N) is 1. The van der Waals surface area contributed by atoms with Crippen molar-refractivity contribution in [3.8, 4) is 0 Å². The van der Waals surface area contributed by atoms with Crippen molar-refractivity contribution in [3.05, 3.63) is 35.6 Å². The molecule has 0 saturated heterocycles. The first-order valence-corrected chi connectivity index (χ1v) is 6.79. The highest BCUT2D eigenvalue weighted by Crippen LogP contribution is 2.30. The molecule has 1 aromatic carbocycles. The van der Waals surface area contributed by atoms with E-state index in [9.17, 15) is 4.79 Å². The SMILES string of the molecule is CCc1c(C(C)NCCOC(N)=O)oc2ccccc12. The Morgan fingerprint density at radius 1 is 1.45 bits per heavy atom. The zero-order chi connectivity index (χ0) is 14.5. The van der Waals surface area contributed by atoms with Crippen LogP contribution >= 0.6 is 0 Å². The molecule has 5 heteroatoms. The zero-order valence-corrected chi connectivity index (χ0v) is 11.8. The Morgan fingerprint density at radius 2 is 2.20 bits per heavy atom. The molecule has 108 valence electrons. The van der Waals surface area contributed by atoms with Gasteiger partial charge in [0.25, 0.3) is 0 Å². The van der Waals surface area contributed by atoms with Crippen molar-refractivity contribution in [1.29, 1.82) is 0 Å². The quantitative estimate of drug-likeness (QED) is 0.795. The van der Waals surface area contributed by atoms with Crippen LogP contribution in [0.2, 0.25) is 0 Å². The van der Waals surface area contributed by atoms with Gasteiger partial charge < -0.3 is 20.2 Å². The lowest BCUT2D eigenvalue weighted by atomic mass is 10.1. The minimum Gasteiger partial charge on any atom is -0.459 e. The Morgan fingerprint density at radius 3 is 2.90 bits per heavy atom. The molecule has 0 aliphatic heterocycles. The van der Waals surface area contributed by atoms with Gasteiger partial charge in [0.05, 0.1) is 6.04 Å². The Labute approximate surface area is 118 Å². The number of carbonyl (C=O) groups is 1. The van der Waals surface area contributed by atoms with Gasteiger partial charge in [-0.05, 0) is 19.4 Å². The number of hydrogen-bond donors (Lipinski definition) is 2. The largest absolute Gasteiger partial charge is 0.459 e. The molecule has 1 heterocycles. The molecule has 0 fully saturated rings. The fourth-order valence-electron chi connectivity index (χ4n) is 2.35. The van der Waals surface area contributed by atoms with Crippen LogP contribution in [-0.4, -0.2) is 19.2 Å². The number of aryl methyl sites for hydroxylation is 1. The van der Waals surface area contributed by atoms with Crippen molar-refractivity contribution >= 4 is 17.1 Å². The van der Waals surface area contributed by atoms with E-state index in [1.165, 1.54) is 5.56 Å². The molecule has 1 aromatic heterocycles. The summed E-state index contributed by atoms with van der Waals surface area (Å²) in [5.41, 5.74) is 7.03. The number of furan rings is 1. The first-order valence-electron chi connectivity index (χ1n) is 6.79. The highest BCUT2D eigenvalue weighted by molar-refractivity contribution is 5.82. The van der Waals surface area contributed by atoms with Crippen LogP contribution in [-0.2, 0) is 11.2 Å². The second-order valence-electron chi connectivity index (χ2n) is 4.64. The lowest BCUT2D eigenvalue weighted by Crippen LogP contribution is -2.26. The fourth-order valence-corrected chi connectivity index (χ4v) is 2.35. The normalized spacial score (nSPS) is 12.5. The summed E-state index contributed by atoms with van der Waals surface area (Å²) in [7, 11) is 0. The van der Waals surface area contributed by atoms with Crippen LogP contribution in [0.1, 0.15) is 31.2 Å². The number of amides is 1. The third-order valence-corrected chi connectivity index (χ3v) is 3.27. The smallest absolute Gasteiger partial charge is 0.404 e. The summed E-state index contributed by atoms with van der Waals surface area (Å²) < 4.78 is 10.6. The molecule has 0 aliphatic carbocycles. The monoisotopic (exact) mass is 276 g/mol. The molecular formula is C15H20N2O3. The Kier molecular flexibility index (Phi) is 4.63. The van der Waals surface area contributed by atoms with Gasteiger partial charge in [-0.25, -0.2) is 4.79 Å². The number of benzene rings is 1. The van der Waals surface area contributed by atoms with Gasteiger partial charge in [0, 0.05) is 17.5 Å². The summed E-state index contributed by atoms with van der Waals surface area (Å²) in [5, 5.41) is 4.42. The lowest BCUT2D eigenvalue weighted by Gasteiger charge is -2.12. The van der Waals surface area contributed by atoms with E-state index in [0.29, 0.717) is 6.54 Å². The Bertz CT molecular complexity index is 592. The van der Waals surface area contributed by atoms with E-state index < -0.39 is 6.09 Å². The number of primary amides is 1. The predicted molar refractivity (Wildman–Crippen MR) is 77.5 cm³/mol. The van der Waals surface area contributed by atoms with Gasteiger partial charge in [-0.15, -0.1) is 0 Å². The van der Waals surface area contributed by atoms with Crippen molar-refractivity contribution in [2.24, 2.45) is 5.73 Å². The first-order chi connectivity index (χ1) is 9.63. The Hall–Kier alpha value is -2.01. The molecule has 2 aromatic rings. The summed E-state index contributed by atoms with van der Waals surface area (Å²) in [4.78, 5) is 10.5. The molecule has 20 heavy (non-hydrogen) atoms. The minimum atomic E-state index is -0.752. The number of fused-ring (bicyclic) bond motifs is 1. The number of nitrogens with one attached hydrogen (secondary N) is 1. The van der Waals surface area contributed by atoms with Gasteiger partial charge in [-0.3, -0.25) is 0 Å². The first kappa shape index (κ1) is 14.4. The molecule has 1 atom stereocenters. The van der Waals surface area contributed by atoms with Crippen LogP contribution in [0.15, 0.2) is 28.7 Å². The van der Waals surface area contributed by atoms with E-state index in [1.54, 1.807) is 0 Å². The van der Waals surface area contributed by atoms with Crippen LogP contribution in [0, 0.1) is 0 Å². The maximum atomic E-state index is 10.5. The van der Waals surface area contributed by atoms with Crippen molar-refractivity contribution in [2.45, 2.75) is 26.3 Å². The van der Waals surface area contributed by atoms with Crippen molar-refractivity contribution in [3.63, 3.8) is 0 Å². The molecule has 3 N–H and O–H groups in total. The summed E-state index contributed by atoms with van der Waals surface area (Å²) in [6, 6.07) is 8.08. The van der Waals surface area contributed by atoms with E-state index in [4.69, 9.17) is 10.2 Å². The molecule has 0 spiro atoms. The van der Waals surface area contributed by atoms with Crippen LogP contribution in [0.25, 0.3) is 11.0 Å². The van der Waals surface area contributed by atoms with Gasteiger partial charge >= 0.3 is 6.09 Å². The molecule has 0 radical (unpaired) electrons. The summed E-state index contributed by atoms with van der Waals surface area (Å²) in [6.45, 7) is 4.93. The second-order valence-corrected chi connectivity index (χ2v) is 4.64. The molecule has 0 aliphatic rings. The van der Waals surface area contributed by atoms with Crippen LogP contribution < -0.4 is 11.1 Å².